The van der Waals surface area contributed by atoms with Gasteiger partial charge in [0.15, 0.2) is 0 Å². The zero-order chi connectivity index (χ0) is 23.2. The molecule has 1 saturated heterocycles. The highest BCUT2D eigenvalue weighted by Gasteiger charge is 2.50. The van der Waals surface area contributed by atoms with Crippen LogP contribution in [0.5, 0.6) is 5.75 Å². The lowest BCUT2D eigenvalue weighted by Crippen LogP contribution is -2.44. The highest BCUT2D eigenvalue weighted by atomic mass is 19.1. The average molecular weight is 458 g/mol. The zero-order valence-corrected chi connectivity index (χ0v) is 18.9. The van der Waals surface area contributed by atoms with Crippen LogP contribution in [0.4, 0.5) is 16.2 Å². The lowest BCUT2D eigenvalue weighted by molar-refractivity contribution is -0.0225. The number of rotatable bonds is 5. The number of halogens is 1. The Balaban J connectivity index is 1.35. The summed E-state index contributed by atoms with van der Waals surface area (Å²) in [4.78, 5) is 36.5. The summed E-state index contributed by atoms with van der Waals surface area (Å²) in [6, 6.07) is 2.91. The number of esters is 1. The fourth-order valence-electron chi connectivity index (χ4n) is 4.84. The summed E-state index contributed by atoms with van der Waals surface area (Å²) in [6.07, 6.45) is 2.42. The molecular weight excluding hydrogens is 429 g/mol. The van der Waals surface area contributed by atoms with E-state index >= 15 is 4.39 Å². The second-order valence-corrected chi connectivity index (χ2v) is 9.10. The van der Waals surface area contributed by atoms with Crippen molar-refractivity contribution in [3.63, 3.8) is 0 Å². The van der Waals surface area contributed by atoms with Crippen molar-refractivity contribution >= 4 is 17.7 Å². The van der Waals surface area contributed by atoms with Gasteiger partial charge in [-0.05, 0) is 33.0 Å². The fraction of sp³-hybridized carbons (Fsp3) is 0.522. The van der Waals surface area contributed by atoms with Gasteiger partial charge in [-0.15, -0.1) is 0 Å². The number of fused-ring (bicyclic) bond motifs is 3. The predicted octanol–water partition coefficient (Wildman–Crippen LogP) is 1.87. The minimum absolute atomic E-state index is 0.132. The van der Waals surface area contributed by atoms with Crippen LogP contribution in [0.1, 0.15) is 40.7 Å². The molecule has 5 rings (SSSR count). The van der Waals surface area contributed by atoms with Gasteiger partial charge < -0.3 is 24.6 Å². The molecule has 2 aromatic rings. The lowest BCUT2D eigenvalue weighted by Gasteiger charge is -2.39. The summed E-state index contributed by atoms with van der Waals surface area (Å²) in [6.45, 7) is 2.79. The number of aromatic nitrogens is 2. The highest BCUT2D eigenvalue weighted by Crippen LogP contribution is 2.46. The van der Waals surface area contributed by atoms with Gasteiger partial charge in [-0.1, -0.05) is 0 Å². The Kier molecular flexibility index (Phi) is 5.48. The van der Waals surface area contributed by atoms with Crippen molar-refractivity contribution in [2.45, 2.75) is 31.3 Å². The van der Waals surface area contributed by atoms with Crippen LogP contribution in [-0.2, 0) is 16.8 Å². The van der Waals surface area contributed by atoms with E-state index in [4.69, 9.17) is 9.47 Å². The molecule has 10 heteroatoms. The molecule has 0 unspecified atom stereocenters. The van der Waals surface area contributed by atoms with Crippen LogP contribution in [0.15, 0.2) is 16.9 Å². The van der Waals surface area contributed by atoms with Crippen molar-refractivity contribution in [2.24, 2.45) is 0 Å². The smallest absolute Gasteiger partial charge is 0.339 e. The number of nitrogens with zero attached hydrogens (tertiary/aromatic N) is 3. The third kappa shape index (κ3) is 3.92. The molecule has 2 N–H and O–H groups in total. The third-order valence-electron chi connectivity index (χ3n) is 6.60. The molecule has 0 bridgehead atoms. The molecule has 1 aromatic carbocycles. The largest absolute Gasteiger partial charge is 0.492 e. The Morgan fingerprint density at radius 2 is 2.06 bits per heavy atom. The van der Waals surface area contributed by atoms with Gasteiger partial charge in [0.2, 0.25) is 5.95 Å². The standard InChI is InChI=1S/C23H28FN5O4/c1-28(2)10-11-32-14-12-16-18(17(24)13-14)23(33-21(16)31)5-8-29(9-6-23)22-26-19-15(20(30)27-22)4-3-7-25-19/h12-13H,3-11H2,1-2H3,(H2,25,26,27,30). The van der Waals surface area contributed by atoms with Crippen molar-refractivity contribution in [3.8, 4) is 5.75 Å². The summed E-state index contributed by atoms with van der Waals surface area (Å²) in [5, 5.41) is 3.19. The van der Waals surface area contributed by atoms with Gasteiger partial charge in [0, 0.05) is 50.7 Å². The maximum absolute atomic E-state index is 15.2. The van der Waals surface area contributed by atoms with Gasteiger partial charge in [0.25, 0.3) is 5.56 Å². The highest BCUT2D eigenvalue weighted by molar-refractivity contribution is 5.95. The number of anilines is 2. The summed E-state index contributed by atoms with van der Waals surface area (Å²) in [5.74, 6) is 0.419. The molecule has 9 nitrogen and oxygen atoms in total. The molecule has 0 aliphatic carbocycles. The number of aromatic amines is 1. The van der Waals surface area contributed by atoms with Gasteiger partial charge in [-0.3, -0.25) is 9.78 Å². The molecule has 1 aromatic heterocycles. The van der Waals surface area contributed by atoms with E-state index in [0.717, 1.165) is 13.0 Å². The van der Waals surface area contributed by atoms with E-state index in [1.54, 1.807) is 6.07 Å². The quantitative estimate of drug-likeness (QED) is 0.657. The Morgan fingerprint density at radius 3 is 2.82 bits per heavy atom. The molecule has 0 amide bonds. The number of piperidine rings is 1. The molecule has 176 valence electrons. The average Bonchev–Trinajstić information content (AvgIpc) is 3.05. The molecule has 3 aliphatic heterocycles. The van der Waals surface area contributed by atoms with Gasteiger partial charge in [0.05, 0.1) is 11.1 Å². The van der Waals surface area contributed by atoms with Crippen LogP contribution in [0.2, 0.25) is 0 Å². The number of likely N-dealkylation sites (N-methyl/N-ethyl adjacent to an activating group) is 1. The monoisotopic (exact) mass is 457 g/mol. The second-order valence-electron chi connectivity index (χ2n) is 9.10. The number of ether oxygens (including phenoxy) is 2. The van der Waals surface area contributed by atoms with E-state index in [0.29, 0.717) is 74.1 Å². The second kappa shape index (κ2) is 8.33. The number of benzene rings is 1. The minimum Gasteiger partial charge on any atom is -0.492 e. The van der Waals surface area contributed by atoms with E-state index < -0.39 is 17.4 Å². The van der Waals surface area contributed by atoms with Gasteiger partial charge in [-0.2, -0.15) is 4.98 Å². The van der Waals surface area contributed by atoms with Crippen LogP contribution in [0.3, 0.4) is 0 Å². The summed E-state index contributed by atoms with van der Waals surface area (Å²) < 4.78 is 26.6. The Labute approximate surface area is 190 Å². The Bertz CT molecular complexity index is 1140. The third-order valence-corrected chi connectivity index (χ3v) is 6.60. The van der Waals surface area contributed by atoms with Gasteiger partial charge in [0.1, 0.15) is 29.6 Å². The number of hydrogen-bond acceptors (Lipinski definition) is 8. The van der Waals surface area contributed by atoms with E-state index in [9.17, 15) is 9.59 Å². The van der Waals surface area contributed by atoms with E-state index in [1.165, 1.54) is 6.07 Å². The predicted molar refractivity (Wildman–Crippen MR) is 121 cm³/mol. The van der Waals surface area contributed by atoms with Gasteiger partial charge >= 0.3 is 5.97 Å². The number of hydrogen-bond donors (Lipinski definition) is 2. The van der Waals surface area contributed by atoms with Crippen molar-refractivity contribution < 1.29 is 18.7 Å². The molecule has 3 aliphatic rings. The SMILES string of the molecule is CN(C)CCOc1cc(F)c2c(c1)C(=O)OC21CCN(c2nc3c(c(=O)[nH]2)CCCN3)CC1. The first-order chi connectivity index (χ1) is 15.9. The van der Waals surface area contributed by atoms with Crippen LogP contribution in [-0.4, -0.2) is 67.7 Å². The molecule has 0 radical (unpaired) electrons. The van der Waals surface area contributed by atoms with Crippen LogP contribution < -0.4 is 20.5 Å². The first-order valence-corrected chi connectivity index (χ1v) is 11.3. The topological polar surface area (TPSA) is 99.8 Å². The molecule has 4 heterocycles. The molecule has 1 spiro atoms. The van der Waals surface area contributed by atoms with Crippen LogP contribution >= 0.6 is 0 Å². The Hall–Kier alpha value is -3.14. The van der Waals surface area contributed by atoms with E-state index in [2.05, 4.69) is 15.3 Å². The molecule has 0 saturated carbocycles. The fourth-order valence-corrected chi connectivity index (χ4v) is 4.84. The van der Waals surface area contributed by atoms with Crippen LogP contribution in [0, 0.1) is 5.82 Å². The number of H-pyrrole nitrogens is 1. The number of carbonyl (C=O) groups is 1. The van der Waals surface area contributed by atoms with Crippen molar-refractivity contribution in [3.05, 3.63) is 45.0 Å². The van der Waals surface area contributed by atoms with Crippen molar-refractivity contribution in [2.75, 3.05) is 57.1 Å². The number of nitrogens with one attached hydrogen (secondary N) is 2. The maximum atomic E-state index is 15.2. The molecule has 1 fully saturated rings. The summed E-state index contributed by atoms with van der Waals surface area (Å²) >= 11 is 0. The maximum Gasteiger partial charge on any atom is 0.339 e. The van der Waals surface area contributed by atoms with Crippen LogP contribution in [0.25, 0.3) is 0 Å². The molecular formula is C23H28FN5O4. The minimum atomic E-state index is -1.01. The van der Waals surface area contributed by atoms with E-state index in [1.807, 2.05) is 23.9 Å². The van der Waals surface area contributed by atoms with Crippen molar-refractivity contribution in [1.29, 1.82) is 0 Å². The first-order valence-electron chi connectivity index (χ1n) is 11.3. The summed E-state index contributed by atoms with van der Waals surface area (Å²) in [7, 11) is 3.85. The normalized spacial score (nSPS) is 18.7. The van der Waals surface area contributed by atoms with Gasteiger partial charge in [-0.25, -0.2) is 9.18 Å². The molecule has 0 atom stereocenters. The Morgan fingerprint density at radius 1 is 1.27 bits per heavy atom. The molecule has 33 heavy (non-hydrogen) atoms. The first kappa shape index (κ1) is 21.7. The zero-order valence-electron chi connectivity index (χ0n) is 18.9. The summed E-state index contributed by atoms with van der Waals surface area (Å²) in [5.41, 5.74) is 0.0753. The van der Waals surface area contributed by atoms with Crippen molar-refractivity contribution in [1.82, 2.24) is 14.9 Å². The lowest BCUT2D eigenvalue weighted by atomic mass is 9.83. The number of carbonyl (C=O) groups excluding carboxylic acids is 1. The van der Waals surface area contributed by atoms with E-state index in [-0.39, 0.29) is 11.1 Å².